The van der Waals surface area contributed by atoms with Crippen molar-refractivity contribution in [1.82, 2.24) is 4.98 Å². The van der Waals surface area contributed by atoms with E-state index >= 15 is 0 Å². The second-order valence-corrected chi connectivity index (χ2v) is 13.9. The van der Waals surface area contributed by atoms with Crippen LogP contribution in [0.3, 0.4) is 0 Å². The summed E-state index contributed by atoms with van der Waals surface area (Å²) in [6, 6.07) is 6.88. The molecule has 0 aliphatic heterocycles. The number of hydrogen-bond donors (Lipinski definition) is 1. The third kappa shape index (κ3) is 3.82. The summed E-state index contributed by atoms with van der Waals surface area (Å²) in [4.78, 5) is 3.97. The number of H-pyrrole nitrogens is 1. The Morgan fingerprint density at radius 1 is 0.935 bits per heavy atom. The zero-order chi connectivity index (χ0) is 21.5. The normalized spacial score (nSPS) is 23.2. The fraction of sp³-hybridized carbons (Fsp3) is 0.556. The van der Waals surface area contributed by atoms with E-state index in [1.54, 1.807) is 31.9 Å². The number of halogens is 2. The SMILES string of the molecule is CC1=C(C)[C]2([Ti+2][c]3[nH]c4cccc(C(C)(C)C)c4c3C(C)(C)C)C(=C1C)CC2C.[Cl-].[Cl-]. The first-order valence-electron chi connectivity index (χ1n) is 11.1. The molecule has 1 aromatic carbocycles. The third-order valence-corrected chi connectivity index (χ3v) is 11.0. The van der Waals surface area contributed by atoms with Crippen LogP contribution >= 0.6 is 0 Å². The molecule has 2 unspecified atom stereocenters. The Hall–Kier alpha value is -0.466. The second-order valence-electron chi connectivity index (χ2n) is 11.5. The van der Waals surface area contributed by atoms with E-state index in [-0.39, 0.29) is 54.8 Å². The minimum absolute atomic E-state index is 0. The van der Waals surface area contributed by atoms with Crippen molar-refractivity contribution in [3.63, 3.8) is 0 Å². The molecule has 0 spiro atoms. The van der Waals surface area contributed by atoms with Gasteiger partial charge in [0.25, 0.3) is 0 Å². The molecule has 4 rings (SSSR count). The minimum atomic E-state index is -0.384. The molecule has 1 nitrogen and oxygen atoms in total. The van der Waals surface area contributed by atoms with E-state index in [0.29, 0.717) is 3.72 Å². The molecule has 2 aromatic rings. The molecule has 31 heavy (non-hydrogen) atoms. The Bertz CT molecular complexity index is 1060. The van der Waals surface area contributed by atoms with Gasteiger partial charge in [-0.1, -0.05) is 0 Å². The van der Waals surface area contributed by atoms with E-state index < -0.39 is 0 Å². The topological polar surface area (TPSA) is 15.8 Å². The Labute approximate surface area is 210 Å². The van der Waals surface area contributed by atoms with Crippen molar-refractivity contribution in [1.29, 1.82) is 0 Å². The summed E-state index contributed by atoms with van der Waals surface area (Å²) < 4.78 is 1.94. The molecule has 1 N–H and O–H groups in total. The van der Waals surface area contributed by atoms with Gasteiger partial charge in [-0.2, -0.15) is 0 Å². The summed E-state index contributed by atoms with van der Waals surface area (Å²) in [6.07, 6.45) is 1.29. The molecule has 2 aliphatic rings. The Morgan fingerprint density at radius 2 is 1.55 bits per heavy atom. The zero-order valence-corrected chi connectivity index (χ0v) is 23.8. The number of hydrogen-bond acceptors (Lipinski definition) is 0. The fourth-order valence-corrected chi connectivity index (χ4v) is 9.56. The largest absolute Gasteiger partial charge is 1.00 e. The van der Waals surface area contributed by atoms with Gasteiger partial charge in [-0.25, -0.2) is 0 Å². The van der Waals surface area contributed by atoms with Crippen LogP contribution in [-0.4, -0.2) is 4.98 Å². The average Bonchev–Trinajstić information content (AvgIpc) is 3.04. The van der Waals surface area contributed by atoms with Gasteiger partial charge < -0.3 is 24.8 Å². The molecular formula is C27H37Cl2NTi. The third-order valence-electron chi connectivity index (χ3n) is 7.60. The first-order valence-corrected chi connectivity index (χ1v) is 12.7. The molecule has 0 saturated heterocycles. The maximum absolute atomic E-state index is 3.97. The van der Waals surface area contributed by atoms with Crippen molar-refractivity contribution in [2.75, 3.05) is 0 Å². The predicted molar refractivity (Wildman–Crippen MR) is 123 cm³/mol. The van der Waals surface area contributed by atoms with Crippen LogP contribution in [0.25, 0.3) is 10.9 Å². The van der Waals surface area contributed by atoms with Crippen LogP contribution in [0.1, 0.15) is 86.8 Å². The molecule has 1 aromatic heterocycles. The fourth-order valence-electron chi connectivity index (χ4n) is 5.84. The van der Waals surface area contributed by atoms with Crippen molar-refractivity contribution in [3.05, 3.63) is 51.6 Å². The monoisotopic (exact) mass is 493 g/mol. The number of fused-ring (bicyclic) bond motifs is 2. The van der Waals surface area contributed by atoms with Crippen molar-refractivity contribution in [3.8, 4) is 0 Å². The van der Waals surface area contributed by atoms with Gasteiger partial charge in [0.2, 0.25) is 0 Å². The van der Waals surface area contributed by atoms with Gasteiger partial charge in [0, 0.05) is 0 Å². The number of aromatic nitrogens is 1. The number of benzene rings is 1. The van der Waals surface area contributed by atoms with E-state index in [9.17, 15) is 0 Å². The molecule has 0 amide bonds. The van der Waals surface area contributed by atoms with Crippen molar-refractivity contribution < 1.29 is 44.0 Å². The molecule has 168 valence electrons. The zero-order valence-electron chi connectivity index (χ0n) is 20.8. The molecule has 2 aliphatic carbocycles. The first kappa shape index (κ1) is 26.8. The number of allylic oxidation sites excluding steroid dienone is 4. The molecule has 0 radical (unpaired) electrons. The minimum Gasteiger partial charge on any atom is -1.00 e. The van der Waals surface area contributed by atoms with Gasteiger partial charge in [0.05, 0.1) is 0 Å². The summed E-state index contributed by atoms with van der Waals surface area (Å²) in [5.74, 6) is 0.770. The Balaban J connectivity index is 0.00000171. The summed E-state index contributed by atoms with van der Waals surface area (Å²) >= 11 is -0.384. The van der Waals surface area contributed by atoms with E-state index in [0.717, 1.165) is 5.92 Å². The van der Waals surface area contributed by atoms with Crippen molar-refractivity contribution >= 4 is 14.9 Å². The number of aromatic amines is 1. The molecule has 0 bridgehead atoms. The standard InChI is InChI=1S/C16H22N.C11H15.2ClH.Ti/c1-15(2,3)11-8-7-9-13-14(11)12(10-17-13)16(4,5)6;1-6-5-10-8(3)7(2)9(4)11(6)10;;;/h7-9,17H,1-6H3;6H,5H2,1-4H3;2*1H;/q;;;;+2/p-2. The first-order chi connectivity index (χ1) is 13.3. The number of rotatable bonds is 2. The van der Waals surface area contributed by atoms with E-state index in [4.69, 9.17) is 0 Å². The maximum atomic E-state index is 3.97. The van der Waals surface area contributed by atoms with E-state index in [1.807, 2.05) is 0 Å². The van der Waals surface area contributed by atoms with Crippen LogP contribution in [0.2, 0.25) is 3.72 Å². The van der Waals surface area contributed by atoms with E-state index in [1.165, 1.54) is 22.9 Å². The number of nitrogens with one attached hydrogen (secondary N) is 1. The molecular weight excluding hydrogens is 457 g/mol. The smallest absolute Gasteiger partial charge is 1.00 e. The van der Waals surface area contributed by atoms with Crippen LogP contribution in [0.15, 0.2) is 40.5 Å². The van der Waals surface area contributed by atoms with Gasteiger partial charge in [0.15, 0.2) is 0 Å². The Morgan fingerprint density at radius 3 is 2.03 bits per heavy atom. The molecule has 1 saturated carbocycles. The van der Waals surface area contributed by atoms with Crippen molar-refractivity contribution in [2.24, 2.45) is 5.92 Å². The van der Waals surface area contributed by atoms with Crippen LogP contribution in [0, 0.1) is 5.92 Å². The van der Waals surface area contributed by atoms with Gasteiger partial charge in [-0.15, -0.1) is 0 Å². The second kappa shape index (κ2) is 8.39. The summed E-state index contributed by atoms with van der Waals surface area (Å²) in [7, 11) is 0. The quantitative estimate of drug-likeness (QED) is 0.607. The van der Waals surface area contributed by atoms with Gasteiger partial charge in [-0.3, -0.25) is 0 Å². The molecule has 2 atom stereocenters. The van der Waals surface area contributed by atoms with Crippen LogP contribution in [0.5, 0.6) is 0 Å². The predicted octanol–water partition coefficient (Wildman–Crippen LogP) is 1.34. The van der Waals surface area contributed by atoms with Crippen LogP contribution in [-0.2, 0) is 30.0 Å². The molecule has 1 fully saturated rings. The van der Waals surface area contributed by atoms with Gasteiger partial charge in [-0.05, 0) is 0 Å². The van der Waals surface area contributed by atoms with Gasteiger partial charge in [0.1, 0.15) is 0 Å². The summed E-state index contributed by atoms with van der Waals surface area (Å²) in [5, 5.41) is 1.49. The summed E-state index contributed by atoms with van der Waals surface area (Å²) in [5.41, 5.74) is 11.3. The molecule has 4 heteroatoms. The average molecular weight is 494 g/mol. The van der Waals surface area contributed by atoms with Crippen LogP contribution < -0.4 is 28.8 Å². The maximum Gasteiger partial charge on any atom is -1.00 e. The van der Waals surface area contributed by atoms with E-state index in [2.05, 4.69) is 92.4 Å². The van der Waals surface area contributed by atoms with Crippen LogP contribution in [0.4, 0.5) is 0 Å². The molecule has 1 heterocycles. The van der Waals surface area contributed by atoms with Crippen molar-refractivity contribution in [2.45, 2.75) is 90.2 Å². The summed E-state index contributed by atoms with van der Waals surface area (Å²) in [6.45, 7) is 23.9. The van der Waals surface area contributed by atoms with Gasteiger partial charge >= 0.3 is 187 Å². The Kier molecular flexibility index (Phi) is 7.25.